The smallest absolute Gasteiger partial charge is 0.372 e. The van der Waals surface area contributed by atoms with Crippen molar-refractivity contribution in [3.63, 3.8) is 0 Å². The number of nitrogens with zero attached hydrogens (tertiary/aromatic N) is 1. The van der Waals surface area contributed by atoms with Crippen LogP contribution in [0.25, 0.3) is 5.69 Å². The molecular formula is C22H19F3N2O2. The maximum atomic E-state index is 13.5. The third kappa shape index (κ3) is 3.53. The first-order valence-corrected chi connectivity index (χ1v) is 9.12. The van der Waals surface area contributed by atoms with E-state index in [0.717, 1.165) is 17.2 Å². The van der Waals surface area contributed by atoms with Gasteiger partial charge in [0.05, 0.1) is 30.0 Å². The molecule has 0 saturated heterocycles. The van der Waals surface area contributed by atoms with Gasteiger partial charge in [-0.15, -0.1) is 0 Å². The Labute approximate surface area is 165 Å². The lowest BCUT2D eigenvalue weighted by Crippen LogP contribution is -2.15. The largest absolute Gasteiger partial charge is 0.418 e. The van der Waals surface area contributed by atoms with Crippen molar-refractivity contribution in [2.24, 2.45) is 0 Å². The molecule has 0 atom stereocenters. The minimum absolute atomic E-state index is 0.00345. The van der Waals surface area contributed by atoms with Crippen LogP contribution in [-0.2, 0) is 24.1 Å². The highest BCUT2D eigenvalue weighted by Crippen LogP contribution is 2.35. The number of carbonyl (C=O) groups excluding carboxylic acids is 1. The summed E-state index contributed by atoms with van der Waals surface area (Å²) in [5.74, 6) is -0.368. The van der Waals surface area contributed by atoms with Crippen molar-refractivity contribution >= 4 is 11.6 Å². The highest BCUT2D eigenvalue weighted by atomic mass is 19.4. The van der Waals surface area contributed by atoms with Gasteiger partial charge in [0, 0.05) is 17.1 Å². The fourth-order valence-electron chi connectivity index (χ4n) is 3.72. The first-order chi connectivity index (χ1) is 13.8. The molecular weight excluding hydrogens is 381 g/mol. The number of benzene rings is 2. The van der Waals surface area contributed by atoms with Gasteiger partial charge >= 0.3 is 6.18 Å². The predicted molar refractivity (Wildman–Crippen MR) is 103 cm³/mol. The Kier molecular flexibility index (Phi) is 4.70. The Hall–Kier alpha value is -3.06. The SMILES string of the molecule is Cc1cc(C(=O)Nc2ccc3c(c2)COC3)c(C)n1-c1ccccc1C(F)(F)F. The van der Waals surface area contributed by atoms with Gasteiger partial charge in [0.1, 0.15) is 0 Å². The molecule has 7 heteroatoms. The molecule has 1 aliphatic rings. The van der Waals surface area contributed by atoms with Crippen molar-refractivity contribution < 1.29 is 22.7 Å². The number of aromatic nitrogens is 1. The minimum atomic E-state index is -4.49. The first-order valence-electron chi connectivity index (χ1n) is 9.12. The summed E-state index contributed by atoms with van der Waals surface area (Å²) in [5.41, 5.74) is 3.32. The van der Waals surface area contributed by atoms with Crippen LogP contribution in [0.4, 0.5) is 18.9 Å². The Morgan fingerprint density at radius 1 is 1.03 bits per heavy atom. The van der Waals surface area contributed by atoms with Crippen LogP contribution in [0.15, 0.2) is 48.5 Å². The zero-order chi connectivity index (χ0) is 20.8. The van der Waals surface area contributed by atoms with E-state index in [2.05, 4.69) is 5.32 Å². The Morgan fingerprint density at radius 3 is 2.52 bits per heavy atom. The topological polar surface area (TPSA) is 43.3 Å². The molecule has 1 aromatic heterocycles. The molecule has 1 N–H and O–H groups in total. The fourth-order valence-corrected chi connectivity index (χ4v) is 3.72. The molecule has 0 fully saturated rings. The van der Waals surface area contributed by atoms with Gasteiger partial charge in [-0.25, -0.2) is 0 Å². The molecule has 0 saturated carbocycles. The number of alkyl halides is 3. The van der Waals surface area contributed by atoms with E-state index < -0.39 is 11.7 Å². The summed E-state index contributed by atoms with van der Waals surface area (Å²) in [5, 5.41) is 2.84. The van der Waals surface area contributed by atoms with Crippen molar-refractivity contribution in [1.82, 2.24) is 4.57 Å². The Morgan fingerprint density at radius 2 is 1.76 bits per heavy atom. The molecule has 1 amide bonds. The summed E-state index contributed by atoms with van der Waals surface area (Å²) in [6, 6.07) is 12.5. The van der Waals surface area contributed by atoms with E-state index in [-0.39, 0.29) is 11.6 Å². The number of aryl methyl sites for hydroxylation is 1. The third-order valence-electron chi connectivity index (χ3n) is 5.11. The van der Waals surface area contributed by atoms with E-state index >= 15 is 0 Å². The van der Waals surface area contributed by atoms with Crippen molar-refractivity contribution in [2.45, 2.75) is 33.2 Å². The summed E-state index contributed by atoms with van der Waals surface area (Å²) >= 11 is 0. The Balaban J connectivity index is 1.69. The average Bonchev–Trinajstić information content (AvgIpc) is 3.24. The molecule has 2 aromatic carbocycles. The van der Waals surface area contributed by atoms with Crippen LogP contribution in [0.1, 0.15) is 38.4 Å². The number of hydrogen-bond acceptors (Lipinski definition) is 2. The molecule has 3 aromatic rings. The summed E-state index contributed by atoms with van der Waals surface area (Å²) < 4.78 is 47.2. The van der Waals surface area contributed by atoms with Crippen LogP contribution in [0.3, 0.4) is 0 Å². The second-order valence-corrected chi connectivity index (χ2v) is 7.07. The molecule has 0 unspecified atom stereocenters. The molecule has 2 heterocycles. The number of ether oxygens (including phenoxy) is 1. The van der Waals surface area contributed by atoms with Gasteiger partial charge in [-0.1, -0.05) is 18.2 Å². The van der Waals surface area contributed by atoms with Crippen LogP contribution < -0.4 is 5.32 Å². The van der Waals surface area contributed by atoms with E-state index in [1.165, 1.54) is 16.7 Å². The van der Waals surface area contributed by atoms with E-state index in [1.54, 1.807) is 32.0 Å². The summed E-state index contributed by atoms with van der Waals surface area (Å²) in [7, 11) is 0. The molecule has 0 aliphatic carbocycles. The van der Waals surface area contributed by atoms with Gasteiger partial charge in [0.15, 0.2) is 0 Å². The summed E-state index contributed by atoms with van der Waals surface area (Å²) in [6.07, 6.45) is -4.49. The standard InChI is InChI=1S/C22H19F3N2O2/c1-13-9-18(21(28)26-17-8-7-15-11-29-12-16(15)10-17)14(2)27(13)20-6-4-3-5-19(20)22(23,24)25/h3-10H,11-12H2,1-2H3,(H,26,28). The van der Waals surface area contributed by atoms with Gasteiger partial charge in [-0.3, -0.25) is 4.79 Å². The quantitative estimate of drug-likeness (QED) is 0.640. The molecule has 0 radical (unpaired) electrons. The number of rotatable bonds is 3. The number of nitrogens with one attached hydrogen (secondary N) is 1. The Bertz CT molecular complexity index is 1100. The zero-order valence-electron chi connectivity index (χ0n) is 15.9. The highest BCUT2D eigenvalue weighted by Gasteiger charge is 2.34. The number of hydrogen-bond donors (Lipinski definition) is 1. The van der Waals surface area contributed by atoms with Gasteiger partial charge in [-0.05, 0) is 55.3 Å². The molecule has 4 nitrogen and oxygen atoms in total. The predicted octanol–water partition coefficient (Wildman–Crippen LogP) is 5.40. The zero-order valence-corrected chi connectivity index (χ0v) is 15.9. The minimum Gasteiger partial charge on any atom is -0.372 e. The summed E-state index contributed by atoms with van der Waals surface area (Å²) in [6.45, 7) is 4.39. The molecule has 4 rings (SSSR count). The van der Waals surface area contributed by atoms with E-state index in [9.17, 15) is 18.0 Å². The lowest BCUT2D eigenvalue weighted by atomic mass is 10.1. The summed E-state index contributed by atoms with van der Waals surface area (Å²) in [4.78, 5) is 12.8. The van der Waals surface area contributed by atoms with Crippen molar-refractivity contribution in [2.75, 3.05) is 5.32 Å². The maximum absolute atomic E-state index is 13.5. The molecule has 0 spiro atoms. The third-order valence-corrected chi connectivity index (χ3v) is 5.11. The fraction of sp³-hybridized carbons (Fsp3) is 0.227. The average molecular weight is 400 g/mol. The van der Waals surface area contributed by atoms with Gasteiger partial charge in [-0.2, -0.15) is 13.2 Å². The number of para-hydroxylation sites is 1. The van der Waals surface area contributed by atoms with Crippen molar-refractivity contribution in [1.29, 1.82) is 0 Å². The van der Waals surface area contributed by atoms with Gasteiger partial charge < -0.3 is 14.6 Å². The van der Waals surface area contributed by atoms with Gasteiger partial charge in [0.2, 0.25) is 0 Å². The first kappa shape index (κ1) is 19.3. The van der Waals surface area contributed by atoms with Crippen molar-refractivity contribution in [3.05, 3.63) is 82.2 Å². The van der Waals surface area contributed by atoms with E-state index in [4.69, 9.17) is 4.74 Å². The number of halogens is 3. The van der Waals surface area contributed by atoms with Crippen LogP contribution in [-0.4, -0.2) is 10.5 Å². The highest BCUT2D eigenvalue weighted by molar-refractivity contribution is 6.05. The van der Waals surface area contributed by atoms with Crippen molar-refractivity contribution in [3.8, 4) is 5.69 Å². The lowest BCUT2D eigenvalue weighted by molar-refractivity contribution is -0.137. The monoisotopic (exact) mass is 400 g/mol. The molecule has 150 valence electrons. The molecule has 0 bridgehead atoms. The maximum Gasteiger partial charge on any atom is 0.418 e. The van der Waals surface area contributed by atoms with Crippen LogP contribution >= 0.6 is 0 Å². The lowest BCUT2D eigenvalue weighted by Gasteiger charge is -2.16. The molecule has 1 aliphatic heterocycles. The number of fused-ring (bicyclic) bond motifs is 1. The second kappa shape index (κ2) is 7.08. The van der Waals surface area contributed by atoms with Crippen LogP contribution in [0.5, 0.6) is 0 Å². The van der Waals surface area contributed by atoms with Gasteiger partial charge in [0.25, 0.3) is 5.91 Å². The number of anilines is 1. The normalized spacial score (nSPS) is 13.4. The molecule has 29 heavy (non-hydrogen) atoms. The second-order valence-electron chi connectivity index (χ2n) is 7.07. The number of amides is 1. The number of carbonyl (C=O) groups is 1. The van der Waals surface area contributed by atoms with E-state index in [0.29, 0.717) is 35.9 Å². The van der Waals surface area contributed by atoms with Crippen LogP contribution in [0, 0.1) is 13.8 Å². The van der Waals surface area contributed by atoms with E-state index in [1.807, 2.05) is 12.1 Å². The van der Waals surface area contributed by atoms with Crippen LogP contribution in [0.2, 0.25) is 0 Å².